The third-order valence-electron chi connectivity index (χ3n) is 11.1. The van der Waals surface area contributed by atoms with E-state index in [0.717, 1.165) is 30.4 Å². The average Bonchev–Trinajstić information content (AvgIpc) is 3.91. The van der Waals surface area contributed by atoms with E-state index < -0.39 is 40.6 Å². The van der Waals surface area contributed by atoms with Crippen molar-refractivity contribution in [1.29, 1.82) is 5.26 Å². The molecule has 1 aromatic heterocycles. The van der Waals surface area contributed by atoms with Crippen LogP contribution < -0.4 is 19.1 Å². The van der Waals surface area contributed by atoms with Crippen LogP contribution >= 0.6 is 11.6 Å². The fourth-order valence-electron chi connectivity index (χ4n) is 8.15. The summed E-state index contributed by atoms with van der Waals surface area (Å²) in [6.45, 7) is 17.8. The molecule has 342 valence electrons. The molecule has 1 saturated carbocycles. The Labute approximate surface area is 388 Å². The number of Topliss-reactive ketones (excluding diaryl/α,β-unsaturated/α-hetero) is 1. The van der Waals surface area contributed by atoms with E-state index in [2.05, 4.69) is 50.7 Å². The van der Waals surface area contributed by atoms with Crippen molar-refractivity contribution in [2.45, 2.75) is 112 Å². The van der Waals surface area contributed by atoms with Crippen LogP contribution in [0.5, 0.6) is 11.5 Å². The molecule has 0 saturated heterocycles. The van der Waals surface area contributed by atoms with E-state index in [-0.39, 0.29) is 56.2 Å². The number of hydrogen-bond acceptors (Lipinski definition) is 10. The lowest BCUT2D eigenvalue weighted by Crippen LogP contribution is -2.48. The molecule has 1 fully saturated rings. The van der Waals surface area contributed by atoms with E-state index in [0.29, 0.717) is 35.2 Å². The van der Waals surface area contributed by atoms with E-state index in [1.807, 2.05) is 31.2 Å². The number of carbonyl (C=O) groups is 3. The number of hydrogen-bond donors (Lipinski definition) is 3. The van der Waals surface area contributed by atoms with Crippen LogP contribution in [0.15, 0.2) is 83.3 Å². The fourth-order valence-corrected chi connectivity index (χ4v) is 8.97. The quantitative estimate of drug-likeness (QED) is 0.0715. The number of benzene rings is 4. The molecule has 5 aromatic rings. The highest BCUT2D eigenvalue weighted by atomic mass is 35.5. The van der Waals surface area contributed by atoms with Crippen LogP contribution in [-0.4, -0.2) is 44.2 Å². The van der Waals surface area contributed by atoms with Gasteiger partial charge in [0.1, 0.15) is 28.7 Å². The van der Waals surface area contributed by atoms with Crippen molar-refractivity contribution in [3.8, 4) is 17.6 Å². The third-order valence-corrected chi connectivity index (χ3v) is 12.2. The molecule has 2 atom stereocenters. The van der Waals surface area contributed by atoms with Crippen molar-refractivity contribution in [3.05, 3.63) is 106 Å². The van der Waals surface area contributed by atoms with Crippen LogP contribution in [-0.2, 0) is 31.0 Å². The number of aromatic nitrogens is 1. The second-order valence-electron chi connectivity index (χ2n) is 19.3. The van der Waals surface area contributed by atoms with Gasteiger partial charge in [0.25, 0.3) is 5.91 Å². The smallest absolute Gasteiger partial charge is 0.415 e. The van der Waals surface area contributed by atoms with E-state index in [4.69, 9.17) is 29.9 Å². The van der Waals surface area contributed by atoms with Crippen molar-refractivity contribution in [1.82, 2.24) is 4.98 Å². The fraction of sp³-hybridized carbons (Fsp3) is 0.380. The first-order chi connectivity index (χ1) is 30.5. The summed E-state index contributed by atoms with van der Waals surface area (Å²) in [5.74, 6) is -1.14. The second kappa shape index (κ2) is 19.5. The number of amides is 2. The zero-order valence-corrected chi connectivity index (χ0v) is 39.8. The maximum absolute atomic E-state index is 14.4. The number of aromatic hydroxyl groups is 1. The Morgan fingerprint density at radius 3 is 2.31 bits per heavy atom. The number of halogens is 1. The summed E-state index contributed by atoms with van der Waals surface area (Å²) < 4.78 is 32.7. The summed E-state index contributed by atoms with van der Waals surface area (Å²) in [6, 6.07) is 23.3. The molecule has 0 aliphatic heterocycles. The van der Waals surface area contributed by atoms with E-state index in [9.17, 15) is 29.0 Å². The van der Waals surface area contributed by atoms with Crippen molar-refractivity contribution < 1.29 is 37.0 Å². The normalized spacial score (nSPS) is 14.6. The van der Waals surface area contributed by atoms with Gasteiger partial charge in [0.15, 0.2) is 11.4 Å². The summed E-state index contributed by atoms with van der Waals surface area (Å²) in [4.78, 5) is 48.5. The van der Waals surface area contributed by atoms with Crippen molar-refractivity contribution >= 4 is 80.5 Å². The van der Waals surface area contributed by atoms with Gasteiger partial charge in [-0.2, -0.15) is 9.47 Å². The molecule has 1 aliphatic carbocycles. The van der Waals surface area contributed by atoms with Gasteiger partial charge >= 0.3 is 17.4 Å². The lowest BCUT2D eigenvalue weighted by atomic mass is 9.72. The Morgan fingerprint density at radius 1 is 0.985 bits per heavy atom. The van der Waals surface area contributed by atoms with Gasteiger partial charge in [-0.15, -0.1) is 0 Å². The van der Waals surface area contributed by atoms with Crippen molar-refractivity contribution in [2.75, 3.05) is 14.9 Å². The van der Waals surface area contributed by atoms with Crippen LogP contribution in [0.1, 0.15) is 110 Å². The summed E-state index contributed by atoms with van der Waals surface area (Å²) in [6.07, 6.45) is 3.02. The molecule has 1 aliphatic rings. The number of phenols is 1. The van der Waals surface area contributed by atoms with Gasteiger partial charge in [0, 0.05) is 17.1 Å². The standard InChI is InChI=1S/C50H56ClN5O8S/c1-30-24-36(17-14-31(30)25-32(28-52)46-54-41-26-33(15-23-42(41)62-46)50(8,9)29-48(2,3)4)56(35-12-10-11-13-35)47(60)63-43(44(58)49(5,6)7)45(59)53-40-27-34(16-22-39(40)51)55-65(61)64-38-20-18-37(57)19-21-38/h14-27,35,43,55,57H,10-13,29H2,1-9H3,(H,53,59). The highest BCUT2D eigenvalue weighted by molar-refractivity contribution is 7.82. The number of oxazole rings is 1. The van der Waals surface area contributed by atoms with Gasteiger partial charge in [0.05, 0.1) is 16.4 Å². The number of nitriles is 1. The first-order valence-corrected chi connectivity index (χ1v) is 22.9. The minimum atomic E-state index is -2.08. The van der Waals surface area contributed by atoms with Crippen LogP contribution in [0.3, 0.4) is 0 Å². The Morgan fingerprint density at radius 2 is 1.68 bits per heavy atom. The average molecular weight is 923 g/mol. The maximum atomic E-state index is 14.4. The summed E-state index contributed by atoms with van der Waals surface area (Å²) in [5, 5.41) is 22.5. The third kappa shape index (κ3) is 12.1. The number of rotatable bonds is 14. The minimum absolute atomic E-state index is 0.0154. The number of ketones is 1. The highest BCUT2D eigenvalue weighted by Gasteiger charge is 2.41. The molecule has 0 spiro atoms. The molecule has 2 unspecified atom stereocenters. The summed E-state index contributed by atoms with van der Waals surface area (Å²) in [7, 11) is 0. The Bertz CT molecular complexity index is 2680. The van der Waals surface area contributed by atoms with Crippen molar-refractivity contribution in [2.24, 2.45) is 10.8 Å². The predicted molar refractivity (Wildman–Crippen MR) is 256 cm³/mol. The van der Waals surface area contributed by atoms with Crippen LogP contribution in [0.4, 0.5) is 21.9 Å². The molecular formula is C50H56ClN5O8S. The van der Waals surface area contributed by atoms with Gasteiger partial charge in [-0.25, -0.2) is 9.78 Å². The Kier molecular flexibility index (Phi) is 14.5. The molecule has 6 rings (SSSR count). The van der Waals surface area contributed by atoms with Crippen molar-refractivity contribution in [3.63, 3.8) is 0 Å². The number of nitrogens with one attached hydrogen (secondary N) is 2. The number of fused-ring (bicyclic) bond motifs is 1. The SMILES string of the molecule is Cc1cc(N(C(=O)OC(C(=O)Nc2cc(NS(=O)Oc3ccc(O)cc3)ccc2Cl)C(=O)C(C)(C)C)C2CCCC2)ccc1C=C(C#N)c1nc2cc(C(C)(C)CC(C)(C)C)ccc2o1. The first-order valence-electron chi connectivity index (χ1n) is 21.5. The van der Waals surface area contributed by atoms with E-state index >= 15 is 0 Å². The number of ether oxygens (including phenoxy) is 1. The van der Waals surface area contributed by atoms with Gasteiger partial charge in [-0.3, -0.25) is 19.2 Å². The van der Waals surface area contributed by atoms with Gasteiger partial charge < -0.3 is 23.8 Å². The lowest BCUT2D eigenvalue weighted by Gasteiger charge is -2.32. The topological polar surface area (TPSA) is 184 Å². The summed E-state index contributed by atoms with van der Waals surface area (Å²) >= 11 is 4.39. The molecule has 2 amide bonds. The zero-order valence-electron chi connectivity index (χ0n) is 38.2. The predicted octanol–water partition coefficient (Wildman–Crippen LogP) is 11.9. The highest BCUT2D eigenvalue weighted by Crippen LogP contribution is 2.38. The molecule has 0 bridgehead atoms. The number of anilines is 3. The summed E-state index contributed by atoms with van der Waals surface area (Å²) in [5.41, 5.74) is 3.75. The molecule has 3 N–H and O–H groups in total. The Balaban J connectivity index is 1.23. The van der Waals surface area contributed by atoms with Gasteiger partial charge in [0.2, 0.25) is 12.0 Å². The van der Waals surface area contributed by atoms with E-state index in [1.165, 1.54) is 47.4 Å². The molecule has 4 aromatic carbocycles. The molecule has 65 heavy (non-hydrogen) atoms. The minimum Gasteiger partial charge on any atom is -0.508 e. The van der Waals surface area contributed by atoms with E-state index in [1.54, 1.807) is 39.0 Å². The second-order valence-corrected chi connectivity index (χ2v) is 20.6. The largest absolute Gasteiger partial charge is 0.508 e. The molecule has 1 heterocycles. The van der Waals surface area contributed by atoms with Crippen LogP contribution in [0.2, 0.25) is 5.02 Å². The van der Waals surface area contributed by atoms with Crippen LogP contribution in [0.25, 0.3) is 22.7 Å². The molecular weight excluding hydrogens is 866 g/mol. The van der Waals surface area contributed by atoms with Gasteiger partial charge in [-0.05, 0) is 127 Å². The number of allylic oxidation sites excluding steroid dienone is 1. The number of carbonyl (C=O) groups excluding carboxylic acids is 3. The molecule has 13 nitrogen and oxygen atoms in total. The number of phenolic OH excluding ortho intramolecular Hbond substituents is 1. The first kappa shape index (κ1) is 48.3. The maximum Gasteiger partial charge on any atom is 0.415 e. The lowest BCUT2D eigenvalue weighted by molar-refractivity contribution is -0.142. The number of aryl methyl sites for hydroxylation is 1. The monoisotopic (exact) mass is 921 g/mol. The van der Waals surface area contributed by atoms with Gasteiger partial charge in [-0.1, -0.05) is 92.0 Å². The Hall–Kier alpha value is -6.17. The molecule has 0 radical (unpaired) electrons. The molecule has 15 heteroatoms. The zero-order chi connectivity index (χ0) is 47.4. The van der Waals surface area contributed by atoms with Crippen LogP contribution in [0, 0.1) is 29.1 Å². The number of nitrogens with zero attached hydrogens (tertiary/aromatic N) is 3.